The van der Waals surface area contributed by atoms with Gasteiger partial charge in [0.05, 0.1) is 24.3 Å². The van der Waals surface area contributed by atoms with Crippen LogP contribution < -0.4 is 19.1 Å². The number of amides is 2. The van der Waals surface area contributed by atoms with Crippen LogP contribution in [0.5, 0.6) is 11.5 Å². The predicted octanol–water partition coefficient (Wildman–Crippen LogP) is 5.76. The molecule has 1 atom stereocenters. The number of anilines is 1. The Hall–Kier alpha value is -4.83. The molecular formula is C37H43N3O6S. The van der Waals surface area contributed by atoms with Crippen molar-refractivity contribution in [2.24, 2.45) is 0 Å². The maximum atomic E-state index is 14.7. The zero-order valence-corrected chi connectivity index (χ0v) is 28.2. The van der Waals surface area contributed by atoms with Gasteiger partial charge >= 0.3 is 0 Å². The summed E-state index contributed by atoms with van der Waals surface area (Å²) in [6.07, 6.45) is 0.941. The summed E-state index contributed by atoms with van der Waals surface area (Å²) < 4.78 is 41.0. The minimum Gasteiger partial charge on any atom is -0.497 e. The van der Waals surface area contributed by atoms with Crippen LogP contribution in [0.4, 0.5) is 5.69 Å². The van der Waals surface area contributed by atoms with Gasteiger partial charge in [0.25, 0.3) is 10.0 Å². The first kappa shape index (κ1) is 35.0. The Kier molecular flexibility index (Phi) is 12.4. The number of sulfonamides is 1. The number of rotatable bonds is 16. The molecule has 0 fully saturated rings. The van der Waals surface area contributed by atoms with E-state index >= 15 is 0 Å². The van der Waals surface area contributed by atoms with Gasteiger partial charge in [0.1, 0.15) is 24.1 Å². The van der Waals surface area contributed by atoms with Gasteiger partial charge in [-0.25, -0.2) is 8.42 Å². The van der Waals surface area contributed by atoms with Crippen molar-refractivity contribution in [1.29, 1.82) is 0 Å². The van der Waals surface area contributed by atoms with Crippen molar-refractivity contribution in [2.75, 3.05) is 31.1 Å². The summed E-state index contributed by atoms with van der Waals surface area (Å²) in [6, 6.07) is 29.0. The van der Waals surface area contributed by atoms with Gasteiger partial charge in [-0.2, -0.15) is 0 Å². The second-order valence-electron chi connectivity index (χ2n) is 11.1. The fraction of sp³-hybridized carbons (Fsp3) is 0.297. The molecule has 0 aliphatic heterocycles. The van der Waals surface area contributed by atoms with E-state index in [1.54, 1.807) is 62.6 Å². The van der Waals surface area contributed by atoms with E-state index in [1.165, 1.54) is 17.0 Å². The van der Waals surface area contributed by atoms with E-state index in [9.17, 15) is 18.0 Å². The van der Waals surface area contributed by atoms with Crippen molar-refractivity contribution in [3.63, 3.8) is 0 Å². The van der Waals surface area contributed by atoms with Gasteiger partial charge < -0.3 is 19.7 Å². The van der Waals surface area contributed by atoms with Crippen molar-refractivity contribution in [2.45, 2.75) is 51.1 Å². The molecule has 0 unspecified atom stereocenters. The maximum Gasteiger partial charge on any atom is 0.264 e. The van der Waals surface area contributed by atoms with E-state index in [1.807, 2.05) is 56.3 Å². The molecule has 0 heterocycles. The van der Waals surface area contributed by atoms with Crippen LogP contribution in [0, 0.1) is 6.92 Å². The summed E-state index contributed by atoms with van der Waals surface area (Å²) in [6.45, 7) is 5.82. The molecule has 0 radical (unpaired) electrons. The largest absolute Gasteiger partial charge is 0.497 e. The number of hydrogen-bond acceptors (Lipinski definition) is 6. The van der Waals surface area contributed by atoms with Gasteiger partial charge in [-0.1, -0.05) is 79.2 Å². The smallest absolute Gasteiger partial charge is 0.264 e. The van der Waals surface area contributed by atoms with Gasteiger partial charge in [-0.15, -0.1) is 0 Å². The standard InChI is InChI=1S/C37H43N3O6S/c1-5-23-38-37(42)34(25-29-13-8-7-9-14-29)39(26-30-15-12-16-31(24-30)45-4)36(41)27-40(33-17-10-11-18-35(33)46-6-2)47(43,44)32-21-19-28(3)20-22-32/h7-22,24,34H,5-6,23,25-27H2,1-4H3,(H,38,42)/t34-/m0/s1. The molecule has 4 aromatic carbocycles. The van der Waals surface area contributed by atoms with Crippen LogP contribution in [0.2, 0.25) is 0 Å². The van der Waals surface area contributed by atoms with Gasteiger partial charge in [-0.3, -0.25) is 13.9 Å². The van der Waals surface area contributed by atoms with Crippen LogP contribution in [-0.2, 0) is 32.6 Å². The monoisotopic (exact) mass is 657 g/mol. The highest BCUT2D eigenvalue weighted by molar-refractivity contribution is 7.92. The lowest BCUT2D eigenvalue weighted by molar-refractivity contribution is -0.140. The Balaban J connectivity index is 1.84. The van der Waals surface area contributed by atoms with Crippen molar-refractivity contribution in [3.05, 3.63) is 120 Å². The second kappa shape index (κ2) is 16.6. The number of methoxy groups -OCH3 is 1. The van der Waals surface area contributed by atoms with Gasteiger partial charge in [0.15, 0.2) is 0 Å². The summed E-state index contributed by atoms with van der Waals surface area (Å²) in [5, 5.41) is 2.96. The highest BCUT2D eigenvalue weighted by Crippen LogP contribution is 2.33. The Morgan fingerprint density at radius 2 is 1.53 bits per heavy atom. The molecular weight excluding hydrogens is 614 g/mol. The van der Waals surface area contributed by atoms with E-state index in [2.05, 4.69) is 5.32 Å². The zero-order valence-electron chi connectivity index (χ0n) is 27.4. The number of carbonyl (C=O) groups excluding carboxylic acids is 2. The molecule has 1 N–H and O–H groups in total. The maximum absolute atomic E-state index is 14.7. The van der Waals surface area contributed by atoms with Gasteiger partial charge in [0, 0.05) is 19.5 Å². The Morgan fingerprint density at radius 3 is 2.21 bits per heavy atom. The molecule has 0 aliphatic rings. The van der Waals surface area contributed by atoms with Gasteiger partial charge in [-0.05, 0) is 67.8 Å². The molecule has 0 aliphatic carbocycles. The van der Waals surface area contributed by atoms with E-state index in [0.29, 0.717) is 31.1 Å². The predicted molar refractivity (Wildman–Crippen MR) is 184 cm³/mol. The summed E-state index contributed by atoms with van der Waals surface area (Å²) in [4.78, 5) is 30.0. The first-order valence-electron chi connectivity index (χ1n) is 15.7. The van der Waals surface area contributed by atoms with Crippen molar-refractivity contribution in [3.8, 4) is 11.5 Å². The highest BCUT2D eigenvalue weighted by atomic mass is 32.2. The molecule has 4 rings (SSSR count). The third-order valence-electron chi connectivity index (χ3n) is 7.63. The zero-order chi connectivity index (χ0) is 33.8. The van der Waals surface area contributed by atoms with Crippen molar-refractivity contribution >= 4 is 27.5 Å². The molecule has 0 spiro atoms. The van der Waals surface area contributed by atoms with Crippen LogP contribution in [0.15, 0.2) is 108 Å². The Bertz CT molecular complexity index is 1730. The highest BCUT2D eigenvalue weighted by Gasteiger charge is 2.35. The number of carbonyl (C=O) groups is 2. The fourth-order valence-electron chi connectivity index (χ4n) is 5.18. The molecule has 9 nitrogen and oxygen atoms in total. The minimum atomic E-state index is -4.26. The molecule has 248 valence electrons. The molecule has 47 heavy (non-hydrogen) atoms. The fourth-order valence-corrected chi connectivity index (χ4v) is 6.60. The van der Waals surface area contributed by atoms with E-state index in [-0.39, 0.29) is 29.5 Å². The second-order valence-corrected chi connectivity index (χ2v) is 13.0. The number of para-hydroxylation sites is 2. The number of aryl methyl sites for hydroxylation is 1. The normalized spacial score (nSPS) is 11.7. The minimum absolute atomic E-state index is 0.0306. The molecule has 0 saturated heterocycles. The third-order valence-corrected chi connectivity index (χ3v) is 9.40. The Labute approximate surface area is 278 Å². The summed E-state index contributed by atoms with van der Waals surface area (Å²) >= 11 is 0. The average molecular weight is 658 g/mol. The molecule has 10 heteroatoms. The topological polar surface area (TPSA) is 105 Å². The first-order chi connectivity index (χ1) is 22.7. The first-order valence-corrected chi connectivity index (χ1v) is 17.2. The SMILES string of the molecule is CCCNC(=O)[C@H](Cc1ccccc1)N(Cc1cccc(OC)c1)C(=O)CN(c1ccccc1OCC)S(=O)(=O)c1ccc(C)cc1. The van der Waals surface area contributed by atoms with Crippen LogP contribution in [-0.4, -0.2) is 58.0 Å². The van der Waals surface area contributed by atoms with Crippen LogP contribution in [0.3, 0.4) is 0 Å². The summed E-state index contributed by atoms with van der Waals surface area (Å²) in [5.74, 6) is 0.0375. The average Bonchev–Trinajstić information content (AvgIpc) is 3.08. The quantitative estimate of drug-likeness (QED) is 0.164. The van der Waals surface area contributed by atoms with Crippen molar-refractivity contribution in [1.82, 2.24) is 10.2 Å². The van der Waals surface area contributed by atoms with E-state index < -0.39 is 28.5 Å². The van der Waals surface area contributed by atoms with E-state index in [0.717, 1.165) is 21.0 Å². The van der Waals surface area contributed by atoms with Crippen LogP contribution in [0.25, 0.3) is 0 Å². The van der Waals surface area contributed by atoms with Crippen LogP contribution in [0.1, 0.15) is 37.0 Å². The van der Waals surface area contributed by atoms with E-state index in [4.69, 9.17) is 9.47 Å². The number of hydrogen-bond donors (Lipinski definition) is 1. The third kappa shape index (κ3) is 9.13. The lowest BCUT2D eigenvalue weighted by atomic mass is 10.0. The van der Waals surface area contributed by atoms with Crippen LogP contribution >= 0.6 is 0 Å². The molecule has 0 aromatic heterocycles. The summed E-state index contributed by atoms with van der Waals surface area (Å²) in [5.41, 5.74) is 2.70. The molecule has 0 saturated carbocycles. The number of benzene rings is 4. The van der Waals surface area contributed by atoms with Gasteiger partial charge in [0.2, 0.25) is 11.8 Å². The molecule has 4 aromatic rings. The summed E-state index contributed by atoms with van der Waals surface area (Å²) in [7, 11) is -2.70. The van der Waals surface area contributed by atoms with Crippen molar-refractivity contribution < 1.29 is 27.5 Å². The molecule has 2 amide bonds. The lowest BCUT2D eigenvalue weighted by Gasteiger charge is -2.34. The number of ether oxygens (including phenoxy) is 2. The lowest BCUT2D eigenvalue weighted by Crippen LogP contribution is -2.53. The number of nitrogens with zero attached hydrogens (tertiary/aromatic N) is 2. The Morgan fingerprint density at radius 1 is 0.851 bits per heavy atom. The number of nitrogens with one attached hydrogen (secondary N) is 1. The molecule has 0 bridgehead atoms.